The molecule has 0 bridgehead atoms. The van der Waals surface area contributed by atoms with E-state index in [-0.39, 0.29) is 5.91 Å². The van der Waals surface area contributed by atoms with Crippen molar-refractivity contribution in [1.29, 1.82) is 0 Å². The molecule has 0 unspecified atom stereocenters. The van der Waals surface area contributed by atoms with Gasteiger partial charge in [0.05, 0.1) is 6.54 Å². The Morgan fingerprint density at radius 1 is 1.10 bits per heavy atom. The maximum atomic E-state index is 12.7. The number of carbonyl (C=O) groups is 1. The van der Waals surface area contributed by atoms with E-state index in [2.05, 4.69) is 45.3 Å². The molecule has 2 fully saturated rings. The van der Waals surface area contributed by atoms with Crippen LogP contribution in [-0.2, 0) is 11.8 Å². The summed E-state index contributed by atoms with van der Waals surface area (Å²) < 4.78 is 1.80. The van der Waals surface area contributed by atoms with Gasteiger partial charge in [-0.3, -0.25) is 14.4 Å². The Labute approximate surface area is 172 Å². The van der Waals surface area contributed by atoms with Crippen LogP contribution in [0.4, 0.5) is 0 Å². The summed E-state index contributed by atoms with van der Waals surface area (Å²) in [6.45, 7) is 6.30. The molecule has 6 nitrogen and oxygen atoms in total. The first-order valence-corrected chi connectivity index (χ1v) is 10.7. The predicted molar refractivity (Wildman–Crippen MR) is 113 cm³/mol. The Bertz CT molecular complexity index is 935. The van der Waals surface area contributed by atoms with Gasteiger partial charge in [0.15, 0.2) is 5.82 Å². The van der Waals surface area contributed by atoms with Crippen molar-refractivity contribution < 1.29 is 4.79 Å². The molecule has 29 heavy (non-hydrogen) atoms. The van der Waals surface area contributed by atoms with Crippen molar-refractivity contribution in [2.24, 2.45) is 12.5 Å². The van der Waals surface area contributed by atoms with Gasteiger partial charge < -0.3 is 4.90 Å². The third-order valence-electron chi connectivity index (χ3n) is 6.89. The van der Waals surface area contributed by atoms with Gasteiger partial charge >= 0.3 is 0 Å². The highest BCUT2D eigenvalue weighted by atomic mass is 16.2. The van der Waals surface area contributed by atoms with Crippen LogP contribution in [-0.4, -0.2) is 63.2 Å². The Balaban J connectivity index is 1.19. The molecule has 1 saturated heterocycles. The normalized spacial score (nSPS) is 20.9. The number of amides is 1. The molecule has 2 aromatic rings. The third-order valence-corrected chi connectivity index (χ3v) is 6.89. The van der Waals surface area contributed by atoms with E-state index in [1.807, 2.05) is 18.9 Å². The second kappa shape index (κ2) is 7.10. The van der Waals surface area contributed by atoms with Gasteiger partial charge in [0, 0.05) is 32.2 Å². The SMILES string of the molecule is Cc1nc(-c2ccc(C3=CCN(C(=O)CN4CCC5(CC5)C4)CC3)cc2)nn1C. The first-order chi connectivity index (χ1) is 14.0. The largest absolute Gasteiger partial charge is 0.338 e. The summed E-state index contributed by atoms with van der Waals surface area (Å²) in [5, 5.41) is 4.45. The minimum atomic E-state index is 0.282. The van der Waals surface area contributed by atoms with Crippen molar-refractivity contribution in [3.8, 4) is 11.4 Å². The Morgan fingerprint density at radius 3 is 2.45 bits per heavy atom. The minimum Gasteiger partial charge on any atom is -0.338 e. The molecule has 1 aliphatic carbocycles. The summed E-state index contributed by atoms with van der Waals surface area (Å²) in [6.07, 6.45) is 7.14. The first-order valence-electron chi connectivity index (χ1n) is 10.7. The van der Waals surface area contributed by atoms with E-state index in [0.29, 0.717) is 12.0 Å². The molecule has 1 aromatic heterocycles. The van der Waals surface area contributed by atoms with Crippen LogP contribution < -0.4 is 0 Å². The second-order valence-electron chi connectivity index (χ2n) is 8.96. The van der Waals surface area contributed by atoms with E-state index in [0.717, 1.165) is 49.8 Å². The summed E-state index contributed by atoms with van der Waals surface area (Å²) in [5.74, 6) is 1.95. The molecule has 1 saturated carbocycles. The molecule has 1 spiro atoms. The Hall–Kier alpha value is -2.47. The van der Waals surface area contributed by atoms with Crippen LogP contribution in [0.5, 0.6) is 0 Å². The van der Waals surface area contributed by atoms with Gasteiger partial charge in [0.2, 0.25) is 5.91 Å². The number of aryl methyl sites for hydroxylation is 2. The summed E-state index contributed by atoms with van der Waals surface area (Å²) >= 11 is 0. The van der Waals surface area contributed by atoms with E-state index in [1.165, 1.54) is 30.4 Å². The molecule has 6 heteroatoms. The number of likely N-dealkylation sites (tertiary alicyclic amines) is 1. The number of aromatic nitrogens is 3. The fourth-order valence-electron chi connectivity index (χ4n) is 4.61. The molecule has 0 atom stereocenters. The van der Waals surface area contributed by atoms with Crippen LogP contribution in [0.2, 0.25) is 0 Å². The lowest BCUT2D eigenvalue weighted by molar-refractivity contribution is -0.131. The zero-order valence-electron chi connectivity index (χ0n) is 17.4. The number of nitrogens with zero attached hydrogens (tertiary/aromatic N) is 5. The maximum Gasteiger partial charge on any atom is 0.237 e. The van der Waals surface area contributed by atoms with Crippen LogP contribution in [0.15, 0.2) is 30.3 Å². The Kier molecular flexibility index (Phi) is 4.54. The van der Waals surface area contributed by atoms with Crippen LogP contribution >= 0.6 is 0 Å². The number of benzene rings is 1. The van der Waals surface area contributed by atoms with Crippen LogP contribution in [0.1, 0.15) is 37.1 Å². The van der Waals surface area contributed by atoms with Gasteiger partial charge in [0.25, 0.3) is 0 Å². The second-order valence-corrected chi connectivity index (χ2v) is 8.96. The van der Waals surface area contributed by atoms with Crippen molar-refractivity contribution in [1.82, 2.24) is 24.6 Å². The molecular formula is C23H29N5O. The first kappa shape index (κ1) is 18.6. The molecule has 0 N–H and O–H groups in total. The van der Waals surface area contributed by atoms with Gasteiger partial charge in [-0.15, -0.1) is 0 Å². The standard InChI is InChI=1S/C23H29N5O/c1-17-24-22(25-26(17)2)20-5-3-18(4-6-20)19-7-12-28(13-8-19)21(29)15-27-14-11-23(16-27)9-10-23/h3-7H,8-16H2,1-2H3. The number of hydrogen-bond donors (Lipinski definition) is 0. The Morgan fingerprint density at radius 2 is 1.86 bits per heavy atom. The van der Waals surface area contributed by atoms with E-state index in [4.69, 9.17) is 0 Å². The summed E-state index contributed by atoms with van der Waals surface area (Å²) in [4.78, 5) is 21.6. The van der Waals surface area contributed by atoms with Gasteiger partial charge in [-0.1, -0.05) is 30.3 Å². The van der Waals surface area contributed by atoms with Crippen molar-refractivity contribution in [2.75, 3.05) is 32.7 Å². The topological polar surface area (TPSA) is 54.3 Å². The molecule has 152 valence electrons. The maximum absolute atomic E-state index is 12.7. The molecule has 3 heterocycles. The van der Waals surface area contributed by atoms with Gasteiger partial charge in [-0.05, 0) is 55.7 Å². The van der Waals surface area contributed by atoms with Crippen molar-refractivity contribution in [3.05, 3.63) is 41.7 Å². The highest BCUT2D eigenvalue weighted by molar-refractivity contribution is 5.80. The fraction of sp³-hybridized carbons (Fsp3) is 0.522. The number of carbonyl (C=O) groups excluding carboxylic acids is 1. The van der Waals surface area contributed by atoms with Gasteiger partial charge in [-0.25, -0.2) is 4.98 Å². The van der Waals surface area contributed by atoms with Crippen molar-refractivity contribution in [2.45, 2.75) is 32.6 Å². The summed E-state index contributed by atoms with van der Waals surface area (Å²) in [7, 11) is 1.91. The van der Waals surface area contributed by atoms with Crippen molar-refractivity contribution in [3.63, 3.8) is 0 Å². The zero-order chi connectivity index (χ0) is 20.0. The van der Waals surface area contributed by atoms with Crippen LogP contribution in [0, 0.1) is 12.3 Å². The van der Waals surface area contributed by atoms with Gasteiger partial charge in [0.1, 0.15) is 5.82 Å². The highest BCUT2D eigenvalue weighted by Gasteiger charge is 2.47. The lowest BCUT2D eigenvalue weighted by Crippen LogP contribution is -2.41. The third kappa shape index (κ3) is 3.73. The lowest BCUT2D eigenvalue weighted by Gasteiger charge is -2.28. The molecule has 5 rings (SSSR count). The number of rotatable bonds is 4. The smallest absolute Gasteiger partial charge is 0.237 e. The van der Waals surface area contributed by atoms with E-state index >= 15 is 0 Å². The monoisotopic (exact) mass is 391 g/mol. The summed E-state index contributed by atoms with van der Waals surface area (Å²) in [6, 6.07) is 8.46. The fourth-order valence-corrected chi connectivity index (χ4v) is 4.61. The molecular weight excluding hydrogens is 362 g/mol. The van der Waals surface area contributed by atoms with E-state index < -0.39 is 0 Å². The molecule has 1 aromatic carbocycles. The zero-order valence-corrected chi connectivity index (χ0v) is 17.4. The average Bonchev–Trinajstić information content (AvgIpc) is 3.25. The van der Waals surface area contributed by atoms with E-state index in [1.54, 1.807) is 4.68 Å². The van der Waals surface area contributed by atoms with Crippen molar-refractivity contribution >= 4 is 11.5 Å². The number of hydrogen-bond acceptors (Lipinski definition) is 4. The quantitative estimate of drug-likeness (QED) is 0.804. The minimum absolute atomic E-state index is 0.282. The van der Waals surface area contributed by atoms with Crippen LogP contribution in [0.3, 0.4) is 0 Å². The molecule has 0 radical (unpaired) electrons. The van der Waals surface area contributed by atoms with Gasteiger partial charge in [-0.2, -0.15) is 5.10 Å². The molecule has 1 amide bonds. The summed E-state index contributed by atoms with van der Waals surface area (Å²) in [5.41, 5.74) is 4.17. The predicted octanol–water partition coefficient (Wildman–Crippen LogP) is 2.89. The average molecular weight is 392 g/mol. The highest BCUT2D eigenvalue weighted by Crippen LogP contribution is 2.52. The molecule has 3 aliphatic rings. The van der Waals surface area contributed by atoms with Crippen LogP contribution in [0.25, 0.3) is 17.0 Å². The molecule has 2 aliphatic heterocycles. The lowest BCUT2D eigenvalue weighted by atomic mass is 9.98. The van der Waals surface area contributed by atoms with E-state index in [9.17, 15) is 4.79 Å².